The Morgan fingerprint density at radius 2 is 2.00 bits per heavy atom. The Bertz CT molecular complexity index is 980. The second-order valence-electron chi connectivity index (χ2n) is 5.94. The van der Waals surface area contributed by atoms with Crippen molar-refractivity contribution in [3.8, 4) is 5.75 Å². The number of carbonyl (C=O) groups excluding carboxylic acids is 1. The van der Waals surface area contributed by atoms with Gasteiger partial charge in [0.05, 0.1) is 5.75 Å². The molecule has 0 aliphatic rings. The maximum Gasteiger partial charge on any atom is 0.234 e. The molecule has 0 bridgehead atoms. The van der Waals surface area contributed by atoms with Crippen LogP contribution in [0.3, 0.4) is 0 Å². The first kappa shape index (κ1) is 19.8. The van der Waals surface area contributed by atoms with Crippen LogP contribution in [0.25, 0.3) is 0 Å². The van der Waals surface area contributed by atoms with Crippen molar-refractivity contribution >= 4 is 23.4 Å². The lowest BCUT2D eigenvalue weighted by atomic mass is 10.3. The van der Waals surface area contributed by atoms with Crippen LogP contribution in [0, 0.1) is 11.6 Å². The Morgan fingerprint density at radius 1 is 1.21 bits per heavy atom. The van der Waals surface area contributed by atoms with E-state index < -0.39 is 17.7 Å². The van der Waals surface area contributed by atoms with Crippen molar-refractivity contribution in [3.63, 3.8) is 0 Å². The molecule has 0 aliphatic carbocycles. The fourth-order valence-corrected chi connectivity index (χ4v) is 3.20. The molecular formula is C19H18F2N4O2S. The van der Waals surface area contributed by atoms with Crippen LogP contribution in [0.1, 0.15) is 18.9 Å². The third-order valence-corrected chi connectivity index (χ3v) is 4.83. The van der Waals surface area contributed by atoms with Gasteiger partial charge >= 0.3 is 0 Å². The van der Waals surface area contributed by atoms with E-state index in [1.807, 2.05) is 0 Å². The summed E-state index contributed by atoms with van der Waals surface area (Å²) < 4.78 is 34.2. The fraction of sp³-hybridized carbons (Fsp3) is 0.211. The number of nitrogens with zero attached hydrogens (tertiary/aromatic N) is 3. The van der Waals surface area contributed by atoms with Gasteiger partial charge in [-0.15, -0.1) is 10.2 Å². The minimum Gasteiger partial charge on any atom is -0.480 e. The molecule has 9 heteroatoms. The monoisotopic (exact) mass is 404 g/mol. The number of carbonyl (C=O) groups is 1. The fourth-order valence-electron chi connectivity index (χ4n) is 2.48. The second-order valence-corrected chi connectivity index (χ2v) is 6.88. The predicted octanol–water partition coefficient (Wildman–Crippen LogP) is 3.96. The summed E-state index contributed by atoms with van der Waals surface area (Å²) in [7, 11) is 1.74. The molecule has 0 spiro atoms. The highest BCUT2D eigenvalue weighted by Crippen LogP contribution is 2.25. The zero-order valence-corrected chi connectivity index (χ0v) is 16.0. The average molecular weight is 404 g/mol. The molecule has 0 saturated heterocycles. The van der Waals surface area contributed by atoms with E-state index >= 15 is 0 Å². The smallest absolute Gasteiger partial charge is 0.234 e. The molecule has 3 rings (SSSR count). The van der Waals surface area contributed by atoms with Crippen molar-refractivity contribution in [2.45, 2.75) is 18.2 Å². The molecule has 1 unspecified atom stereocenters. The van der Waals surface area contributed by atoms with E-state index in [9.17, 15) is 13.6 Å². The molecule has 1 atom stereocenters. The number of anilines is 1. The minimum atomic E-state index is -0.537. The normalized spacial score (nSPS) is 11.9. The van der Waals surface area contributed by atoms with E-state index in [1.54, 1.807) is 36.7 Å². The maximum atomic E-state index is 13.7. The van der Waals surface area contributed by atoms with Gasteiger partial charge < -0.3 is 14.6 Å². The number of ether oxygens (including phenoxy) is 1. The number of rotatable bonds is 7. The molecule has 1 aromatic heterocycles. The molecule has 28 heavy (non-hydrogen) atoms. The molecule has 0 saturated carbocycles. The van der Waals surface area contributed by atoms with Crippen LogP contribution in [-0.2, 0) is 11.8 Å². The van der Waals surface area contributed by atoms with E-state index in [0.717, 1.165) is 0 Å². The number of para-hydroxylation sites is 1. The Labute approximate surface area is 164 Å². The number of hydrogen-bond acceptors (Lipinski definition) is 5. The van der Waals surface area contributed by atoms with E-state index in [4.69, 9.17) is 4.74 Å². The van der Waals surface area contributed by atoms with E-state index in [-0.39, 0.29) is 17.4 Å². The van der Waals surface area contributed by atoms with Crippen LogP contribution >= 0.6 is 11.8 Å². The third kappa shape index (κ3) is 4.86. The van der Waals surface area contributed by atoms with Crippen LogP contribution in [-0.4, -0.2) is 26.4 Å². The van der Waals surface area contributed by atoms with Crippen LogP contribution in [0.4, 0.5) is 14.5 Å². The molecule has 6 nitrogen and oxygen atoms in total. The lowest BCUT2D eigenvalue weighted by molar-refractivity contribution is -0.113. The van der Waals surface area contributed by atoms with Gasteiger partial charge in [0.1, 0.15) is 5.82 Å². The predicted molar refractivity (Wildman–Crippen MR) is 102 cm³/mol. The third-order valence-electron chi connectivity index (χ3n) is 3.81. The van der Waals surface area contributed by atoms with Crippen LogP contribution in [0.5, 0.6) is 5.75 Å². The van der Waals surface area contributed by atoms with Crippen LogP contribution < -0.4 is 10.1 Å². The summed E-state index contributed by atoms with van der Waals surface area (Å²) in [6, 6.07) is 11.8. The lowest BCUT2D eigenvalue weighted by Crippen LogP contribution is -2.15. The molecular weight excluding hydrogens is 386 g/mol. The number of halogens is 2. The summed E-state index contributed by atoms with van der Waals surface area (Å²) in [4.78, 5) is 12.0. The molecule has 2 aromatic carbocycles. The molecule has 146 valence electrons. The Morgan fingerprint density at radius 3 is 2.75 bits per heavy atom. The highest BCUT2D eigenvalue weighted by atomic mass is 32.2. The standard InChI is InChI=1S/C19H18F2N4O2S/c1-12(27-16-9-4-3-8-15(16)21)18-23-24-19(25(18)2)28-11-17(26)22-14-7-5-6-13(20)10-14/h3-10,12H,11H2,1-2H3,(H,22,26). The van der Waals surface area contributed by atoms with Crippen molar-refractivity contribution in [1.82, 2.24) is 14.8 Å². The first-order valence-corrected chi connectivity index (χ1v) is 9.41. The maximum absolute atomic E-state index is 13.7. The Hall–Kier alpha value is -2.94. The molecule has 0 radical (unpaired) electrons. The van der Waals surface area contributed by atoms with Gasteiger partial charge in [0.2, 0.25) is 5.91 Å². The van der Waals surface area contributed by atoms with Crippen LogP contribution in [0.15, 0.2) is 53.7 Å². The van der Waals surface area contributed by atoms with Crippen molar-refractivity contribution in [1.29, 1.82) is 0 Å². The zero-order valence-electron chi connectivity index (χ0n) is 15.2. The van der Waals surface area contributed by atoms with Crippen molar-refractivity contribution in [2.75, 3.05) is 11.1 Å². The molecule has 0 fully saturated rings. The number of aromatic nitrogens is 3. The molecule has 1 heterocycles. The summed E-state index contributed by atoms with van der Waals surface area (Å²) in [5.41, 5.74) is 0.385. The second kappa shape index (κ2) is 8.83. The number of thioether (sulfide) groups is 1. The first-order chi connectivity index (χ1) is 13.4. The van der Waals surface area contributed by atoms with Crippen molar-refractivity contribution in [3.05, 3.63) is 66.0 Å². The first-order valence-electron chi connectivity index (χ1n) is 8.42. The van der Waals surface area contributed by atoms with Crippen molar-refractivity contribution in [2.24, 2.45) is 7.05 Å². The summed E-state index contributed by atoms with van der Waals surface area (Å²) in [6.45, 7) is 1.74. The number of hydrogen-bond donors (Lipinski definition) is 1. The molecule has 1 N–H and O–H groups in total. The SMILES string of the molecule is CC(Oc1ccccc1F)c1nnc(SCC(=O)Nc2cccc(F)c2)n1C. The Kier molecular flexibility index (Phi) is 6.25. The van der Waals surface area contributed by atoms with Gasteiger partial charge in [-0.2, -0.15) is 0 Å². The zero-order chi connectivity index (χ0) is 20.1. The molecule has 3 aromatic rings. The molecule has 0 aliphatic heterocycles. The summed E-state index contributed by atoms with van der Waals surface area (Å²) in [5.74, 6) is -0.480. The highest BCUT2D eigenvalue weighted by Gasteiger charge is 2.19. The molecule has 1 amide bonds. The van der Waals surface area contributed by atoms with Gasteiger partial charge in [-0.1, -0.05) is 30.0 Å². The van der Waals surface area contributed by atoms with Gasteiger partial charge in [0.15, 0.2) is 28.7 Å². The summed E-state index contributed by atoms with van der Waals surface area (Å²) in [6.07, 6.45) is -0.537. The van der Waals surface area contributed by atoms with Crippen molar-refractivity contribution < 1.29 is 18.3 Å². The van der Waals surface area contributed by atoms with E-state index in [1.165, 1.54) is 42.1 Å². The average Bonchev–Trinajstić information content (AvgIpc) is 3.02. The lowest BCUT2D eigenvalue weighted by Gasteiger charge is -2.14. The quantitative estimate of drug-likeness (QED) is 0.604. The number of nitrogens with one attached hydrogen (secondary N) is 1. The topological polar surface area (TPSA) is 69.0 Å². The largest absolute Gasteiger partial charge is 0.480 e. The Balaban J connectivity index is 1.59. The summed E-state index contributed by atoms with van der Waals surface area (Å²) >= 11 is 1.18. The van der Waals surface area contributed by atoms with Gasteiger partial charge in [0, 0.05) is 12.7 Å². The number of amides is 1. The van der Waals surface area contributed by atoms with Gasteiger partial charge in [-0.05, 0) is 37.3 Å². The van der Waals surface area contributed by atoms with Gasteiger partial charge in [-0.25, -0.2) is 8.78 Å². The number of benzene rings is 2. The van der Waals surface area contributed by atoms with Gasteiger partial charge in [-0.3, -0.25) is 4.79 Å². The van der Waals surface area contributed by atoms with Gasteiger partial charge in [0.25, 0.3) is 0 Å². The summed E-state index contributed by atoms with van der Waals surface area (Å²) in [5, 5.41) is 11.3. The highest BCUT2D eigenvalue weighted by molar-refractivity contribution is 7.99. The van der Waals surface area contributed by atoms with E-state index in [2.05, 4.69) is 15.5 Å². The van der Waals surface area contributed by atoms with Crippen LogP contribution in [0.2, 0.25) is 0 Å². The van der Waals surface area contributed by atoms with E-state index in [0.29, 0.717) is 16.7 Å². The minimum absolute atomic E-state index is 0.0744.